The largest absolute Gasteiger partial charge is 0.462 e. The summed E-state index contributed by atoms with van der Waals surface area (Å²) in [7, 11) is 1.68. The number of methoxy groups -OCH3 is 1. The highest BCUT2D eigenvalue weighted by Gasteiger charge is 2.27. The minimum atomic E-state index is 0.224. The zero-order chi connectivity index (χ0) is 18.4. The summed E-state index contributed by atoms with van der Waals surface area (Å²) in [5.41, 5.74) is 2.71. The van der Waals surface area contributed by atoms with Crippen LogP contribution < -0.4 is 0 Å². The molecular formula is C21H30N2O3. The van der Waals surface area contributed by atoms with Gasteiger partial charge in [-0.2, -0.15) is 0 Å². The first-order valence-electron chi connectivity index (χ1n) is 9.38. The Labute approximate surface area is 156 Å². The van der Waals surface area contributed by atoms with Gasteiger partial charge in [-0.25, -0.2) is 0 Å². The Morgan fingerprint density at radius 2 is 1.92 bits per heavy atom. The Balaban J connectivity index is 1.60. The minimum Gasteiger partial charge on any atom is -0.462 e. The van der Waals surface area contributed by atoms with Crippen molar-refractivity contribution in [2.45, 2.75) is 39.1 Å². The number of hydrogen-bond acceptors (Lipinski definition) is 5. The molecule has 1 aromatic heterocycles. The van der Waals surface area contributed by atoms with E-state index in [9.17, 15) is 5.11 Å². The number of piperazine rings is 1. The van der Waals surface area contributed by atoms with Crippen molar-refractivity contribution in [3.63, 3.8) is 0 Å². The summed E-state index contributed by atoms with van der Waals surface area (Å²) >= 11 is 0. The van der Waals surface area contributed by atoms with Crippen molar-refractivity contribution < 1.29 is 14.3 Å². The second kappa shape index (κ2) is 9.33. The number of ether oxygens (including phenoxy) is 1. The molecule has 1 N–H and O–H groups in total. The number of aryl methyl sites for hydroxylation is 1. The molecular weight excluding hydrogens is 328 g/mol. The molecule has 1 aliphatic heterocycles. The van der Waals surface area contributed by atoms with Crippen molar-refractivity contribution in [3.8, 4) is 0 Å². The van der Waals surface area contributed by atoms with Crippen LogP contribution >= 0.6 is 0 Å². The van der Waals surface area contributed by atoms with E-state index in [1.54, 1.807) is 7.11 Å². The van der Waals surface area contributed by atoms with E-state index in [0.29, 0.717) is 12.6 Å². The number of aliphatic hydroxyl groups is 1. The Morgan fingerprint density at radius 3 is 2.69 bits per heavy atom. The maximum Gasteiger partial charge on any atom is 0.129 e. The number of benzene rings is 1. The summed E-state index contributed by atoms with van der Waals surface area (Å²) in [4.78, 5) is 4.93. The maximum atomic E-state index is 9.52. The molecule has 0 spiro atoms. The predicted octanol–water partition coefficient (Wildman–Crippen LogP) is 2.80. The molecule has 0 saturated carbocycles. The number of rotatable bonds is 8. The SMILES string of the molecule is COCc1ccc(CN2CCN(Cc3ccccc3C)C(CCO)C2)o1. The van der Waals surface area contributed by atoms with Crippen molar-refractivity contribution in [2.24, 2.45) is 0 Å². The Hall–Kier alpha value is -1.66. The normalized spacial score (nSPS) is 19.1. The fourth-order valence-electron chi connectivity index (χ4n) is 3.69. The molecule has 1 atom stereocenters. The van der Waals surface area contributed by atoms with Gasteiger partial charge >= 0.3 is 0 Å². The third kappa shape index (κ3) is 4.95. The monoisotopic (exact) mass is 358 g/mol. The lowest BCUT2D eigenvalue weighted by molar-refractivity contribution is 0.0461. The third-order valence-corrected chi connectivity index (χ3v) is 5.17. The van der Waals surface area contributed by atoms with E-state index < -0.39 is 0 Å². The molecule has 0 bridgehead atoms. The van der Waals surface area contributed by atoms with E-state index in [1.807, 2.05) is 12.1 Å². The fraction of sp³-hybridized carbons (Fsp3) is 0.524. The Kier molecular flexibility index (Phi) is 6.86. The highest BCUT2D eigenvalue weighted by molar-refractivity contribution is 5.25. The van der Waals surface area contributed by atoms with Gasteiger partial charge in [0.05, 0.1) is 6.54 Å². The summed E-state index contributed by atoms with van der Waals surface area (Å²) in [6.45, 7) is 7.62. The van der Waals surface area contributed by atoms with Crippen LogP contribution in [-0.4, -0.2) is 54.3 Å². The smallest absolute Gasteiger partial charge is 0.129 e. The molecule has 1 fully saturated rings. The summed E-state index contributed by atoms with van der Waals surface area (Å²) in [6, 6.07) is 12.9. The first-order valence-corrected chi connectivity index (χ1v) is 9.38. The van der Waals surface area contributed by atoms with Crippen LogP contribution in [0.15, 0.2) is 40.8 Å². The standard InChI is InChI=1S/C21H30N2O3/c1-17-5-3-4-6-18(17)13-23-11-10-22(14-19(23)9-12-24)15-20-7-8-21(26-20)16-25-2/h3-8,19,24H,9-16H2,1-2H3. The molecule has 26 heavy (non-hydrogen) atoms. The molecule has 5 nitrogen and oxygen atoms in total. The number of hydrogen-bond donors (Lipinski definition) is 1. The fourth-order valence-corrected chi connectivity index (χ4v) is 3.69. The molecule has 0 aliphatic carbocycles. The van der Waals surface area contributed by atoms with Gasteiger partial charge in [-0.1, -0.05) is 24.3 Å². The molecule has 1 aromatic carbocycles. The van der Waals surface area contributed by atoms with E-state index in [-0.39, 0.29) is 6.61 Å². The second-order valence-corrected chi connectivity index (χ2v) is 7.10. The van der Waals surface area contributed by atoms with Crippen molar-refractivity contribution in [2.75, 3.05) is 33.4 Å². The van der Waals surface area contributed by atoms with Crippen molar-refractivity contribution in [1.29, 1.82) is 0 Å². The zero-order valence-electron chi connectivity index (χ0n) is 15.9. The molecule has 1 saturated heterocycles. The van der Waals surface area contributed by atoms with Gasteiger partial charge in [0.2, 0.25) is 0 Å². The van der Waals surface area contributed by atoms with Gasteiger partial charge in [0.15, 0.2) is 0 Å². The lowest BCUT2D eigenvalue weighted by Crippen LogP contribution is -2.52. The van der Waals surface area contributed by atoms with Crippen LogP contribution in [0.4, 0.5) is 0 Å². The average molecular weight is 358 g/mol. The highest BCUT2D eigenvalue weighted by Crippen LogP contribution is 2.20. The average Bonchev–Trinajstić information content (AvgIpc) is 3.07. The first kappa shape index (κ1) is 19.1. The van der Waals surface area contributed by atoms with Gasteiger partial charge in [0.1, 0.15) is 18.1 Å². The third-order valence-electron chi connectivity index (χ3n) is 5.17. The molecule has 3 rings (SSSR count). The molecule has 1 unspecified atom stereocenters. The van der Waals surface area contributed by atoms with E-state index in [2.05, 4.69) is 41.0 Å². The molecule has 0 amide bonds. The number of nitrogens with zero attached hydrogens (tertiary/aromatic N) is 2. The van der Waals surface area contributed by atoms with Crippen LogP contribution in [0.1, 0.15) is 29.1 Å². The highest BCUT2D eigenvalue weighted by atomic mass is 16.5. The lowest BCUT2D eigenvalue weighted by atomic mass is 10.0. The first-order chi connectivity index (χ1) is 12.7. The molecule has 2 heterocycles. The molecule has 0 radical (unpaired) electrons. The van der Waals surface area contributed by atoms with Crippen molar-refractivity contribution >= 4 is 0 Å². The van der Waals surface area contributed by atoms with Gasteiger partial charge in [-0.3, -0.25) is 9.80 Å². The van der Waals surface area contributed by atoms with E-state index in [4.69, 9.17) is 9.15 Å². The Morgan fingerprint density at radius 1 is 1.12 bits per heavy atom. The topological polar surface area (TPSA) is 49.1 Å². The van der Waals surface area contributed by atoms with Crippen LogP contribution in [0.2, 0.25) is 0 Å². The van der Waals surface area contributed by atoms with E-state index in [1.165, 1.54) is 11.1 Å². The number of aliphatic hydroxyl groups excluding tert-OH is 1. The van der Waals surface area contributed by atoms with Crippen LogP contribution in [0.5, 0.6) is 0 Å². The van der Waals surface area contributed by atoms with Gasteiger partial charge in [-0.05, 0) is 36.6 Å². The predicted molar refractivity (Wildman–Crippen MR) is 102 cm³/mol. The van der Waals surface area contributed by atoms with Crippen LogP contribution in [0.25, 0.3) is 0 Å². The zero-order valence-corrected chi connectivity index (χ0v) is 15.9. The molecule has 2 aromatic rings. The van der Waals surface area contributed by atoms with Crippen LogP contribution in [-0.2, 0) is 24.4 Å². The van der Waals surface area contributed by atoms with E-state index in [0.717, 1.165) is 50.7 Å². The second-order valence-electron chi connectivity index (χ2n) is 7.10. The van der Waals surface area contributed by atoms with Crippen molar-refractivity contribution in [1.82, 2.24) is 9.80 Å². The van der Waals surface area contributed by atoms with Crippen molar-refractivity contribution in [3.05, 3.63) is 59.0 Å². The quantitative estimate of drug-likeness (QED) is 0.786. The molecule has 5 heteroatoms. The van der Waals surface area contributed by atoms with Gasteiger partial charge in [0, 0.05) is 45.9 Å². The minimum absolute atomic E-state index is 0.224. The summed E-state index contributed by atoms with van der Waals surface area (Å²) in [5.74, 6) is 1.85. The Bertz CT molecular complexity index is 685. The van der Waals surface area contributed by atoms with E-state index >= 15 is 0 Å². The van der Waals surface area contributed by atoms with Gasteiger partial charge in [0.25, 0.3) is 0 Å². The van der Waals surface area contributed by atoms with Crippen LogP contribution in [0.3, 0.4) is 0 Å². The lowest BCUT2D eigenvalue weighted by Gasteiger charge is -2.41. The summed E-state index contributed by atoms with van der Waals surface area (Å²) < 4.78 is 10.9. The summed E-state index contributed by atoms with van der Waals surface area (Å²) in [6.07, 6.45) is 0.801. The molecule has 1 aliphatic rings. The van der Waals surface area contributed by atoms with Crippen LogP contribution in [0, 0.1) is 6.92 Å². The summed E-state index contributed by atoms with van der Waals surface area (Å²) in [5, 5.41) is 9.52. The maximum absolute atomic E-state index is 9.52. The van der Waals surface area contributed by atoms with Gasteiger partial charge in [-0.15, -0.1) is 0 Å². The van der Waals surface area contributed by atoms with Gasteiger partial charge < -0.3 is 14.3 Å². The molecule has 142 valence electrons. The number of furan rings is 1.